The van der Waals surface area contributed by atoms with Crippen molar-refractivity contribution in [2.24, 2.45) is 0 Å². The molecule has 0 saturated carbocycles. The Morgan fingerprint density at radius 2 is 1.86 bits per heavy atom. The molecule has 1 N–H and O–H groups in total. The molecule has 0 aliphatic rings. The summed E-state index contributed by atoms with van der Waals surface area (Å²) >= 11 is 1.38. The van der Waals surface area contributed by atoms with Crippen LogP contribution in [-0.2, 0) is 26.8 Å². The first kappa shape index (κ1) is 15.7. The van der Waals surface area contributed by atoms with E-state index in [1.807, 2.05) is 13.8 Å². The van der Waals surface area contributed by atoms with Crippen molar-refractivity contribution in [3.05, 3.63) is 45.4 Å². The molecule has 0 saturated heterocycles. The summed E-state index contributed by atoms with van der Waals surface area (Å²) in [5.74, 6) is -1.08. The summed E-state index contributed by atoms with van der Waals surface area (Å²) in [5, 5.41) is 9.26. The largest absolute Gasteiger partial charge is 0.481 e. The predicted octanol–water partition coefficient (Wildman–Crippen LogP) is 2.36. The van der Waals surface area contributed by atoms with Crippen LogP contribution in [0.3, 0.4) is 0 Å². The van der Waals surface area contributed by atoms with Gasteiger partial charge in [0.15, 0.2) is 9.84 Å². The van der Waals surface area contributed by atoms with Crippen molar-refractivity contribution < 1.29 is 18.3 Å². The highest BCUT2D eigenvalue weighted by atomic mass is 32.2. The molecule has 5 nitrogen and oxygen atoms in total. The highest BCUT2D eigenvalue weighted by Gasteiger charge is 2.18. The van der Waals surface area contributed by atoms with Gasteiger partial charge >= 0.3 is 5.97 Å². The molecule has 0 bridgehead atoms. The molecule has 0 spiro atoms. The van der Waals surface area contributed by atoms with Crippen molar-refractivity contribution in [2.45, 2.75) is 30.9 Å². The molecule has 0 aliphatic carbocycles. The molecule has 1 heterocycles. The Bertz CT molecular complexity index is 741. The lowest BCUT2D eigenvalue weighted by Crippen LogP contribution is -2.06. The lowest BCUT2D eigenvalue weighted by molar-refractivity contribution is -0.136. The number of rotatable bonds is 5. The molecule has 112 valence electrons. The van der Waals surface area contributed by atoms with E-state index in [0.29, 0.717) is 10.6 Å². The van der Waals surface area contributed by atoms with Crippen molar-refractivity contribution in [2.75, 3.05) is 0 Å². The quantitative estimate of drug-likeness (QED) is 0.912. The van der Waals surface area contributed by atoms with Crippen LogP contribution in [0.4, 0.5) is 0 Å². The number of aromatic nitrogens is 1. The van der Waals surface area contributed by atoms with Crippen molar-refractivity contribution in [3.8, 4) is 0 Å². The van der Waals surface area contributed by atoms with Gasteiger partial charge in [-0.15, -0.1) is 11.3 Å². The van der Waals surface area contributed by atoms with Crippen LogP contribution >= 0.6 is 11.3 Å². The van der Waals surface area contributed by atoms with Crippen LogP contribution in [0.2, 0.25) is 0 Å². The first-order valence-electron chi connectivity index (χ1n) is 6.24. The van der Waals surface area contributed by atoms with Crippen molar-refractivity contribution in [1.82, 2.24) is 4.98 Å². The van der Waals surface area contributed by atoms with Gasteiger partial charge in [0.25, 0.3) is 0 Å². The highest BCUT2D eigenvalue weighted by molar-refractivity contribution is 7.90. The zero-order chi connectivity index (χ0) is 15.6. The number of hydrogen-bond donors (Lipinski definition) is 1. The van der Waals surface area contributed by atoms with Crippen LogP contribution in [-0.4, -0.2) is 24.5 Å². The summed E-state index contributed by atoms with van der Waals surface area (Å²) in [6.45, 7) is 3.76. The van der Waals surface area contributed by atoms with Gasteiger partial charge in [0.05, 0.1) is 17.0 Å². The van der Waals surface area contributed by atoms with Gasteiger partial charge < -0.3 is 5.11 Å². The molecule has 0 atom stereocenters. The van der Waals surface area contributed by atoms with Crippen LogP contribution in [0.5, 0.6) is 0 Å². The normalized spacial score (nSPS) is 11.5. The number of thiazole rings is 1. The first-order valence-corrected chi connectivity index (χ1v) is 8.71. The minimum absolute atomic E-state index is 0.120. The molecule has 2 aromatic rings. The molecule has 0 aliphatic heterocycles. The Hall–Kier alpha value is -1.73. The lowest BCUT2D eigenvalue weighted by atomic mass is 10.2. The molecule has 0 fully saturated rings. The van der Waals surface area contributed by atoms with Gasteiger partial charge in [0, 0.05) is 4.88 Å². The second-order valence-electron chi connectivity index (χ2n) is 4.72. The second-order valence-corrected chi connectivity index (χ2v) is 8.00. The van der Waals surface area contributed by atoms with Gasteiger partial charge in [-0.3, -0.25) is 4.79 Å². The van der Waals surface area contributed by atoms with E-state index in [2.05, 4.69) is 4.98 Å². The standard InChI is InChI=1S/C14H15NO4S2/c1-9-10(2)20-13(15-9)8-21(18,19)12-5-3-11(4-6-12)7-14(16)17/h3-6H,7-8H2,1-2H3,(H,16,17). The molecular weight excluding hydrogens is 310 g/mol. The van der Waals surface area contributed by atoms with E-state index in [9.17, 15) is 13.2 Å². The van der Waals surface area contributed by atoms with E-state index in [-0.39, 0.29) is 17.1 Å². The topological polar surface area (TPSA) is 84.3 Å². The van der Waals surface area contributed by atoms with Crippen LogP contribution in [0, 0.1) is 13.8 Å². The molecular formula is C14H15NO4S2. The molecule has 2 rings (SSSR count). The Balaban J connectivity index is 2.21. The number of sulfone groups is 1. The molecule has 21 heavy (non-hydrogen) atoms. The van der Waals surface area contributed by atoms with Crippen molar-refractivity contribution in [1.29, 1.82) is 0 Å². The van der Waals surface area contributed by atoms with E-state index >= 15 is 0 Å². The SMILES string of the molecule is Cc1nc(CS(=O)(=O)c2ccc(CC(=O)O)cc2)sc1C. The molecule has 7 heteroatoms. The van der Waals surface area contributed by atoms with Gasteiger partial charge in [0.1, 0.15) is 10.8 Å². The number of hydrogen-bond acceptors (Lipinski definition) is 5. The summed E-state index contributed by atoms with van der Waals surface area (Å²) in [6, 6.07) is 5.95. The number of nitrogens with zero attached hydrogens (tertiary/aromatic N) is 1. The number of carbonyl (C=O) groups is 1. The van der Waals surface area contributed by atoms with Crippen LogP contribution < -0.4 is 0 Å². The number of carboxylic acid groups (broad SMARTS) is 1. The number of benzene rings is 1. The molecule has 0 radical (unpaired) electrons. The third-order valence-corrected chi connectivity index (χ3v) is 5.92. The van der Waals surface area contributed by atoms with Crippen LogP contribution in [0.1, 0.15) is 21.1 Å². The molecule has 0 unspecified atom stereocenters. The van der Waals surface area contributed by atoms with E-state index in [0.717, 1.165) is 10.6 Å². The Morgan fingerprint density at radius 1 is 1.24 bits per heavy atom. The number of aryl methyl sites for hydroxylation is 2. The summed E-state index contributed by atoms with van der Waals surface area (Å²) in [7, 11) is -3.46. The Morgan fingerprint density at radius 3 is 2.33 bits per heavy atom. The maximum absolute atomic E-state index is 12.3. The zero-order valence-corrected chi connectivity index (χ0v) is 13.3. The fourth-order valence-electron chi connectivity index (χ4n) is 1.84. The summed E-state index contributed by atoms with van der Waals surface area (Å²) < 4.78 is 24.6. The summed E-state index contributed by atoms with van der Waals surface area (Å²) in [4.78, 5) is 16.0. The van der Waals surface area contributed by atoms with Gasteiger partial charge in [0.2, 0.25) is 0 Å². The van der Waals surface area contributed by atoms with E-state index in [1.165, 1.54) is 35.6 Å². The lowest BCUT2D eigenvalue weighted by Gasteiger charge is -2.03. The average molecular weight is 325 g/mol. The average Bonchev–Trinajstić information content (AvgIpc) is 2.67. The summed E-state index contributed by atoms with van der Waals surface area (Å²) in [5.41, 5.74) is 1.42. The fraction of sp³-hybridized carbons (Fsp3) is 0.286. The van der Waals surface area contributed by atoms with Gasteiger partial charge in [-0.05, 0) is 31.5 Å². The van der Waals surface area contributed by atoms with Crippen molar-refractivity contribution in [3.63, 3.8) is 0 Å². The minimum atomic E-state index is -3.46. The highest BCUT2D eigenvalue weighted by Crippen LogP contribution is 2.22. The minimum Gasteiger partial charge on any atom is -0.481 e. The predicted molar refractivity (Wildman–Crippen MR) is 80.3 cm³/mol. The third-order valence-electron chi connectivity index (χ3n) is 3.02. The van der Waals surface area contributed by atoms with Gasteiger partial charge in [-0.2, -0.15) is 0 Å². The molecule has 0 amide bonds. The van der Waals surface area contributed by atoms with E-state index < -0.39 is 15.8 Å². The maximum atomic E-state index is 12.3. The number of carboxylic acids is 1. The van der Waals surface area contributed by atoms with Gasteiger partial charge in [-0.25, -0.2) is 13.4 Å². The van der Waals surface area contributed by atoms with Crippen LogP contribution in [0.15, 0.2) is 29.2 Å². The van der Waals surface area contributed by atoms with E-state index in [4.69, 9.17) is 5.11 Å². The van der Waals surface area contributed by atoms with E-state index in [1.54, 1.807) is 0 Å². The monoisotopic (exact) mass is 325 g/mol. The zero-order valence-electron chi connectivity index (χ0n) is 11.7. The summed E-state index contributed by atoms with van der Waals surface area (Å²) in [6.07, 6.45) is -0.120. The third kappa shape index (κ3) is 3.89. The number of aliphatic carboxylic acids is 1. The molecule has 1 aromatic heterocycles. The first-order chi connectivity index (χ1) is 9.78. The maximum Gasteiger partial charge on any atom is 0.307 e. The van der Waals surface area contributed by atoms with Gasteiger partial charge in [-0.1, -0.05) is 12.1 Å². The Kier molecular flexibility index (Phi) is 4.43. The Labute approximate surface area is 127 Å². The second kappa shape index (κ2) is 5.95. The molecule has 1 aromatic carbocycles. The smallest absolute Gasteiger partial charge is 0.307 e. The fourth-order valence-corrected chi connectivity index (χ4v) is 4.37. The van der Waals surface area contributed by atoms with Crippen molar-refractivity contribution >= 4 is 27.1 Å². The van der Waals surface area contributed by atoms with Crippen LogP contribution in [0.25, 0.3) is 0 Å².